The van der Waals surface area contributed by atoms with Crippen LogP contribution >= 0.6 is 0 Å². The SMILES string of the molecule is COc1ccc(-c2nc(C[S@@](=O)CC(=O)NCCCN3CCCC3)c(C)o2)cc1OC. The maximum absolute atomic E-state index is 12.5. The molecule has 0 radical (unpaired) electrons. The third kappa shape index (κ3) is 6.54. The van der Waals surface area contributed by atoms with Crippen LogP contribution in [0.3, 0.4) is 0 Å². The van der Waals surface area contributed by atoms with E-state index in [9.17, 15) is 9.00 Å². The number of benzene rings is 1. The highest BCUT2D eigenvalue weighted by molar-refractivity contribution is 7.84. The summed E-state index contributed by atoms with van der Waals surface area (Å²) in [4.78, 5) is 19.0. The molecule has 1 aliphatic rings. The van der Waals surface area contributed by atoms with Crippen molar-refractivity contribution >= 4 is 16.7 Å². The van der Waals surface area contributed by atoms with Crippen molar-refractivity contribution < 1.29 is 22.9 Å². The number of methoxy groups -OCH3 is 2. The van der Waals surface area contributed by atoms with Gasteiger partial charge in [0.1, 0.15) is 11.5 Å². The Morgan fingerprint density at radius 2 is 1.97 bits per heavy atom. The number of likely N-dealkylation sites (tertiary alicyclic amines) is 1. The molecule has 1 amide bonds. The second kappa shape index (κ2) is 11.3. The molecule has 3 rings (SSSR count). The number of ether oxygens (including phenoxy) is 2. The molecule has 1 fully saturated rings. The molecule has 31 heavy (non-hydrogen) atoms. The second-order valence-corrected chi connectivity index (χ2v) is 9.03. The fraction of sp³-hybridized carbons (Fsp3) is 0.545. The summed E-state index contributed by atoms with van der Waals surface area (Å²) >= 11 is 0. The number of nitrogens with zero attached hydrogens (tertiary/aromatic N) is 2. The van der Waals surface area contributed by atoms with Crippen LogP contribution in [0.2, 0.25) is 0 Å². The molecule has 0 bridgehead atoms. The zero-order chi connectivity index (χ0) is 22.2. The summed E-state index contributed by atoms with van der Waals surface area (Å²) in [6, 6.07) is 5.38. The molecule has 1 aromatic carbocycles. The summed E-state index contributed by atoms with van der Waals surface area (Å²) in [5.74, 6) is 2.12. The van der Waals surface area contributed by atoms with Gasteiger partial charge in [-0.1, -0.05) is 0 Å². The molecule has 0 saturated carbocycles. The van der Waals surface area contributed by atoms with E-state index in [1.807, 2.05) is 6.07 Å². The van der Waals surface area contributed by atoms with Gasteiger partial charge in [-0.05, 0) is 64.0 Å². The monoisotopic (exact) mass is 449 g/mol. The lowest BCUT2D eigenvalue weighted by molar-refractivity contribution is -0.118. The first-order valence-electron chi connectivity index (χ1n) is 10.5. The maximum Gasteiger partial charge on any atom is 0.232 e. The second-order valence-electron chi connectivity index (χ2n) is 7.57. The van der Waals surface area contributed by atoms with Gasteiger partial charge in [0.15, 0.2) is 11.5 Å². The van der Waals surface area contributed by atoms with Crippen molar-refractivity contribution in [1.29, 1.82) is 0 Å². The molecule has 1 aromatic heterocycles. The van der Waals surface area contributed by atoms with E-state index in [2.05, 4.69) is 15.2 Å². The number of aromatic nitrogens is 1. The lowest BCUT2D eigenvalue weighted by Gasteiger charge is -2.14. The number of aryl methyl sites for hydroxylation is 1. The van der Waals surface area contributed by atoms with Crippen LogP contribution in [0, 0.1) is 6.92 Å². The highest BCUT2D eigenvalue weighted by Crippen LogP contribution is 2.32. The van der Waals surface area contributed by atoms with Gasteiger partial charge < -0.3 is 24.1 Å². The summed E-state index contributed by atoms with van der Waals surface area (Å²) in [6.07, 6.45) is 3.44. The number of carbonyl (C=O) groups is 1. The largest absolute Gasteiger partial charge is 0.493 e. The number of hydrogen-bond acceptors (Lipinski definition) is 7. The Morgan fingerprint density at radius 3 is 2.68 bits per heavy atom. The van der Waals surface area contributed by atoms with E-state index in [4.69, 9.17) is 13.9 Å². The lowest BCUT2D eigenvalue weighted by atomic mass is 10.2. The Balaban J connectivity index is 1.50. The Morgan fingerprint density at radius 1 is 1.23 bits per heavy atom. The van der Waals surface area contributed by atoms with E-state index < -0.39 is 10.8 Å². The van der Waals surface area contributed by atoms with Gasteiger partial charge in [-0.3, -0.25) is 9.00 Å². The van der Waals surface area contributed by atoms with E-state index in [-0.39, 0.29) is 17.4 Å². The van der Waals surface area contributed by atoms with E-state index in [0.29, 0.717) is 35.4 Å². The van der Waals surface area contributed by atoms with Crippen molar-refractivity contribution in [2.75, 3.05) is 46.2 Å². The Labute approximate surface area is 185 Å². The van der Waals surface area contributed by atoms with Gasteiger partial charge in [0.05, 0.1) is 25.7 Å². The molecule has 1 N–H and O–H groups in total. The predicted molar refractivity (Wildman–Crippen MR) is 120 cm³/mol. The molecule has 2 aromatic rings. The van der Waals surface area contributed by atoms with Gasteiger partial charge in [0, 0.05) is 22.9 Å². The first-order valence-corrected chi connectivity index (χ1v) is 12.0. The first kappa shape index (κ1) is 23.3. The number of oxazole rings is 1. The topological polar surface area (TPSA) is 93.9 Å². The summed E-state index contributed by atoms with van der Waals surface area (Å²) in [5.41, 5.74) is 1.32. The minimum Gasteiger partial charge on any atom is -0.493 e. The van der Waals surface area contributed by atoms with E-state index in [0.717, 1.165) is 31.6 Å². The van der Waals surface area contributed by atoms with Crippen LogP contribution in [-0.2, 0) is 21.3 Å². The smallest absolute Gasteiger partial charge is 0.232 e. The third-order valence-corrected chi connectivity index (χ3v) is 6.46. The summed E-state index contributed by atoms with van der Waals surface area (Å²) in [5, 5.41) is 2.86. The highest BCUT2D eigenvalue weighted by atomic mass is 32.2. The van der Waals surface area contributed by atoms with Crippen molar-refractivity contribution in [2.24, 2.45) is 0 Å². The van der Waals surface area contributed by atoms with Gasteiger partial charge in [-0.2, -0.15) is 0 Å². The molecule has 2 heterocycles. The van der Waals surface area contributed by atoms with Crippen molar-refractivity contribution in [3.05, 3.63) is 29.7 Å². The molecule has 0 aliphatic carbocycles. The van der Waals surface area contributed by atoms with Gasteiger partial charge in [0.25, 0.3) is 0 Å². The molecule has 8 nitrogen and oxygen atoms in total. The molecule has 0 unspecified atom stereocenters. The Hall–Kier alpha value is -2.39. The Bertz CT molecular complexity index is 909. The normalized spacial score (nSPS) is 15.1. The van der Waals surface area contributed by atoms with Gasteiger partial charge in [-0.15, -0.1) is 0 Å². The minimum atomic E-state index is -1.36. The predicted octanol–water partition coefficient (Wildman–Crippen LogP) is 2.52. The van der Waals surface area contributed by atoms with Gasteiger partial charge >= 0.3 is 0 Å². The average Bonchev–Trinajstić information content (AvgIpc) is 3.40. The van der Waals surface area contributed by atoms with Crippen LogP contribution in [0.5, 0.6) is 11.5 Å². The molecule has 9 heteroatoms. The van der Waals surface area contributed by atoms with Crippen LogP contribution in [0.1, 0.15) is 30.7 Å². The summed E-state index contributed by atoms with van der Waals surface area (Å²) < 4.78 is 28.8. The third-order valence-electron chi connectivity index (χ3n) is 5.28. The summed E-state index contributed by atoms with van der Waals surface area (Å²) in [7, 11) is 1.77. The van der Waals surface area contributed by atoms with Crippen LogP contribution in [0.4, 0.5) is 0 Å². The zero-order valence-electron chi connectivity index (χ0n) is 18.4. The van der Waals surface area contributed by atoms with Crippen molar-refractivity contribution in [3.8, 4) is 23.0 Å². The van der Waals surface area contributed by atoms with E-state index in [1.165, 1.54) is 12.8 Å². The molecule has 1 saturated heterocycles. The lowest BCUT2D eigenvalue weighted by Crippen LogP contribution is -2.31. The number of hydrogen-bond donors (Lipinski definition) is 1. The fourth-order valence-electron chi connectivity index (χ4n) is 3.59. The fourth-order valence-corrected chi connectivity index (χ4v) is 4.66. The standard InChI is InChI=1S/C22H31N3O5S/c1-16-18(24-22(30-16)17-7-8-19(28-2)20(13-17)29-3)14-31(27)15-21(26)23-9-6-12-25-10-4-5-11-25/h7-8,13H,4-6,9-12,14-15H2,1-3H3,(H,23,26)/t31-/m1/s1. The first-order chi connectivity index (χ1) is 15.0. The van der Waals surface area contributed by atoms with Crippen molar-refractivity contribution in [1.82, 2.24) is 15.2 Å². The minimum absolute atomic E-state index is 0.0400. The number of amides is 1. The maximum atomic E-state index is 12.5. The molecular formula is C22H31N3O5S. The number of carbonyl (C=O) groups excluding carboxylic acids is 1. The molecule has 1 atom stereocenters. The van der Waals surface area contributed by atoms with Crippen LogP contribution < -0.4 is 14.8 Å². The molecule has 1 aliphatic heterocycles. The highest BCUT2D eigenvalue weighted by Gasteiger charge is 2.17. The van der Waals surface area contributed by atoms with Crippen molar-refractivity contribution in [2.45, 2.75) is 31.9 Å². The van der Waals surface area contributed by atoms with Crippen LogP contribution in [0.25, 0.3) is 11.5 Å². The van der Waals surface area contributed by atoms with Crippen LogP contribution in [-0.4, -0.2) is 66.2 Å². The van der Waals surface area contributed by atoms with Crippen molar-refractivity contribution in [3.63, 3.8) is 0 Å². The summed E-state index contributed by atoms with van der Waals surface area (Å²) in [6.45, 7) is 5.70. The molecule has 0 spiro atoms. The molecular weight excluding hydrogens is 418 g/mol. The molecule has 170 valence electrons. The quantitative estimate of drug-likeness (QED) is 0.527. The van der Waals surface area contributed by atoms with Crippen LogP contribution in [0.15, 0.2) is 22.6 Å². The number of nitrogens with one attached hydrogen (secondary N) is 1. The van der Waals surface area contributed by atoms with E-state index >= 15 is 0 Å². The number of rotatable bonds is 11. The zero-order valence-corrected chi connectivity index (χ0v) is 19.3. The van der Waals surface area contributed by atoms with Gasteiger partial charge in [-0.25, -0.2) is 4.98 Å². The van der Waals surface area contributed by atoms with Gasteiger partial charge in [0.2, 0.25) is 11.8 Å². The van der Waals surface area contributed by atoms with E-state index in [1.54, 1.807) is 33.3 Å². The Kier molecular flexibility index (Phi) is 8.48. The average molecular weight is 450 g/mol.